The van der Waals surface area contributed by atoms with Crippen LogP contribution in [-0.2, 0) is 16.1 Å². The summed E-state index contributed by atoms with van der Waals surface area (Å²) in [5, 5.41) is 11.2. The van der Waals surface area contributed by atoms with Crippen LogP contribution in [-0.4, -0.2) is 28.7 Å². The largest absolute Gasteiger partial charge is 0.545 e. The summed E-state index contributed by atoms with van der Waals surface area (Å²) in [4.78, 5) is 50.9. The molecule has 0 bridgehead atoms. The van der Waals surface area contributed by atoms with Crippen molar-refractivity contribution in [2.75, 3.05) is 0 Å². The molecule has 0 aliphatic carbocycles. The third kappa shape index (κ3) is 4.13. The van der Waals surface area contributed by atoms with Crippen molar-refractivity contribution in [2.24, 2.45) is 0 Å². The van der Waals surface area contributed by atoms with Gasteiger partial charge in [0.25, 0.3) is 11.8 Å². The zero-order valence-corrected chi connectivity index (χ0v) is 16.9. The number of benzene rings is 3. The lowest BCUT2D eigenvalue weighted by Gasteiger charge is -2.26. The molecule has 0 radical (unpaired) electrons. The van der Waals surface area contributed by atoms with Crippen LogP contribution in [0.15, 0.2) is 78.9 Å². The zero-order valence-electron chi connectivity index (χ0n) is 16.9. The van der Waals surface area contributed by atoms with Crippen molar-refractivity contribution in [2.45, 2.75) is 19.1 Å². The van der Waals surface area contributed by atoms with Crippen LogP contribution in [0, 0.1) is 0 Å². The first-order chi connectivity index (χ1) is 15.5. The number of imide groups is 1. The number of carbonyl (C=O) groups excluding carboxylic acids is 4. The Labute approximate surface area is 183 Å². The van der Waals surface area contributed by atoms with E-state index in [-0.39, 0.29) is 29.7 Å². The first-order valence-electron chi connectivity index (χ1n) is 9.93. The lowest BCUT2D eigenvalue weighted by Crippen LogP contribution is -2.35. The van der Waals surface area contributed by atoms with Gasteiger partial charge in [0.1, 0.15) is 6.61 Å². The Balaban J connectivity index is 1.61. The number of esters is 1. The van der Waals surface area contributed by atoms with Crippen molar-refractivity contribution in [1.29, 1.82) is 0 Å². The number of rotatable bonds is 7. The van der Waals surface area contributed by atoms with E-state index in [4.69, 9.17) is 4.74 Å². The summed E-state index contributed by atoms with van der Waals surface area (Å²) < 4.78 is 5.36. The average molecular weight is 428 g/mol. The van der Waals surface area contributed by atoms with Crippen molar-refractivity contribution >= 4 is 23.8 Å². The number of hydrogen-bond acceptors (Lipinski definition) is 6. The van der Waals surface area contributed by atoms with Gasteiger partial charge in [-0.25, -0.2) is 0 Å². The summed E-state index contributed by atoms with van der Waals surface area (Å²) in [5.41, 5.74) is 1.24. The minimum Gasteiger partial charge on any atom is -0.545 e. The Morgan fingerprint density at radius 1 is 0.844 bits per heavy atom. The first-order valence-corrected chi connectivity index (χ1v) is 9.93. The predicted molar refractivity (Wildman–Crippen MR) is 111 cm³/mol. The van der Waals surface area contributed by atoms with E-state index in [2.05, 4.69) is 0 Å². The summed E-state index contributed by atoms with van der Waals surface area (Å²) in [6.45, 7) is 0.0677. The maximum absolute atomic E-state index is 13.1. The molecule has 0 saturated carbocycles. The fourth-order valence-corrected chi connectivity index (χ4v) is 3.66. The van der Waals surface area contributed by atoms with E-state index in [1.807, 2.05) is 30.3 Å². The number of fused-ring (bicyclic) bond motifs is 1. The summed E-state index contributed by atoms with van der Waals surface area (Å²) in [7, 11) is 0. The molecule has 3 aromatic carbocycles. The molecular weight excluding hydrogens is 410 g/mol. The maximum Gasteiger partial charge on any atom is 0.308 e. The molecule has 0 saturated heterocycles. The lowest BCUT2D eigenvalue weighted by molar-refractivity contribution is -0.255. The number of amides is 2. The third-order valence-corrected chi connectivity index (χ3v) is 5.25. The Bertz CT molecular complexity index is 1190. The van der Waals surface area contributed by atoms with E-state index in [9.17, 15) is 24.3 Å². The normalized spacial score (nSPS) is 13.6. The molecule has 0 unspecified atom stereocenters. The number of hydrogen-bond donors (Lipinski definition) is 0. The SMILES string of the molecule is O=C(C[C@@H](c1ccccc1)N1C(=O)c2ccc(C(=O)[O-])cc2C1=O)OCc1ccccc1. The molecule has 0 N–H and O–H groups in total. The van der Waals surface area contributed by atoms with E-state index in [1.165, 1.54) is 12.1 Å². The van der Waals surface area contributed by atoms with Crippen LogP contribution in [0.4, 0.5) is 0 Å². The minimum absolute atomic E-state index is 0.0321. The standard InChI is InChI=1S/C25H19NO6/c27-22(32-15-16-7-3-1-4-8-16)14-21(17-9-5-2-6-10-17)26-23(28)19-12-11-18(25(30)31)13-20(19)24(26)29/h1-13,21H,14-15H2,(H,30,31)/p-1/t21-/m0/s1. The van der Waals surface area contributed by atoms with Gasteiger partial charge < -0.3 is 14.6 Å². The van der Waals surface area contributed by atoms with Crippen molar-refractivity contribution in [1.82, 2.24) is 4.90 Å². The molecule has 1 heterocycles. The molecule has 1 aliphatic rings. The number of nitrogens with zero attached hydrogens (tertiary/aromatic N) is 1. The fourth-order valence-electron chi connectivity index (χ4n) is 3.66. The van der Waals surface area contributed by atoms with Gasteiger partial charge in [0.2, 0.25) is 0 Å². The number of carboxylic acid groups (broad SMARTS) is 1. The molecule has 4 rings (SSSR count). The van der Waals surface area contributed by atoms with E-state index in [0.29, 0.717) is 5.56 Å². The van der Waals surface area contributed by atoms with Crippen LogP contribution < -0.4 is 5.11 Å². The Morgan fingerprint density at radius 3 is 2.12 bits per heavy atom. The highest BCUT2D eigenvalue weighted by molar-refractivity contribution is 6.22. The number of carbonyl (C=O) groups is 4. The summed E-state index contributed by atoms with van der Waals surface area (Å²) in [6, 6.07) is 20.6. The second-order valence-corrected chi connectivity index (χ2v) is 7.31. The second-order valence-electron chi connectivity index (χ2n) is 7.31. The molecular formula is C25H18NO6-. The van der Waals surface area contributed by atoms with Gasteiger partial charge in [-0.3, -0.25) is 19.3 Å². The van der Waals surface area contributed by atoms with E-state index in [1.54, 1.807) is 30.3 Å². The Hall–Kier alpha value is -4.26. The van der Waals surface area contributed by atoms with Crippen LogP contribution in [0.2, 0.25) is 0 Å². The molecule has 0 aromatic heterocycles. The summed E-state index contributed by atoms with van der Waals surface area (Å²) in [6.07, 6.45) is -0.240. The van der Waals surface area contributed by atoms with Gasteiger partial charge in [0, 0.05) is 0 Å². The van der Waals surface area contributed by atoms with Crippen molar-refractivity contribution in [3.05, 3.63) is 107 Å². The first kappa shape index (κ1) is 21.0. The highest BCUT2D eigenvalue weighted by Gasteiger charge is 2.41. The number of ether oxygens (including phenoxy) is 1. The van der Waals surface area contributed by atoms with Crippen LogP contribution in [0.1, 0.15) is 54.7 Å². The summed E-state index contributed by atoms with van der Waals surface area (Å²) >= 11 is 0. The van der Waals surface area contributed by atoms with Gasteiger partial charge in [0.15, 0.2) is 0 Å². The lowest BCUT2D eigenvalue weighted by atomic mass is 10.0. The molecule has 0 fully saturated rings. The molecule has 32 heavy (non-hydrogen) atoms. The summed E-state index contributed by atoms with van der Waals surface area (Å²) in [5.74, 6) is -3.29. The second kappa shape index (κ2) is 8.85. The zero-order chi connectivity index (χ0) is 22.7. The van der Waals surface area contributed by atoms with Crippen molar-refractivity contribution < 1.29 is 29.0 Å². The van der Waals surface area contributed by atoms with Crippen LogP contribution in [0.25, 0.3) is 0 Å². The molecule has 160 valence electrons. The van der Waals surface area contributed by atoms with Crippen molar-refractivity contribution in [3.8, 4) is 0 Å². The topological polar surface area (TPSA) is 104 Å². The predicted octanol–water partition coefficient (Wildman–Crippen LogP) is 2.52. The molecule has 1 atom stereocenters. The molecule has 7 nitrogen and oxygen atoms in total. The van der Waals surface area contributed by atoms with E-state index in [0.717, 1.165) is 16.5 Å². The maximum atomic E-state index is 13.1. The fraction of sp³-hybridized carbons (Fsp3) is 0.120. The number of carboxylic acids is 1. The number of aromatic carboxylic acids is 1. The highest BCUT2D eigenvalue weighted by Crippen LogP contribution is 2.34. The van der Waals surface area contributed by atoms with Crippen molar-refractivity contribution in [3.63, 3.8) is 0 Å². The highest BCUT2D eigenvalue weighted by atomic mass is 16.5. The van der Waals surface area contributed by atoms with Gasteiger partial charge in [-0.05, 0) is 28.8 Å². The van der Waals surface area contributed by atoms with Gasteiger partial charge in [0.05, 0.1) is 29.6 Å². The van der Waals surface area contributed by atoms with Gasteiger partial charge in [-0.1, -0.05) is 66.7 Å². The minimum atomic E-state index is -1.45. The van der Waals surface area contributed by atoms with Gasteiger partial charge in [-0.2, -0.15) is 0 Å². The smallest absolute Gasteiger partial charge is 0.308 e. The molecule has 7 heteroatoms. The Morgan fingerprint density at radius 2 is 1.47 bits per heavy atom. The van der Waals surface area contributed by atoms with Gasteiger partial charge >= 0.3 is 5.97 Å². The molecule has 0 spiro atoms. The van der Waals surface area contributed by atoms with Crippen LogP contribution in [0.3, 0.4) is 0 Å². The van der Waals surface area contributed by atoms with E-state index >= 15 is 0 Å². The van der Waals surface area contributed by atoms with Crippen LogP contribution >= 0.6 is 0 Å². The average Bonchev–Trinajstić information content (AvgIpc) is 3.06. The Kier molecular flexibility index (Phi) is 5.81. The molecule has 3 aromatic rings. The van der Waals surface area contributed by atoms with E-state index < -0.39 is 29.8 Å². The monoisotopic (exact) mass is 428 g/mol. The molecule has 1 aliphatic heterocycles. The quantitative estimate of drug-likeness (QED) is 0.423. The van der Waals surface area contributed by atoms with Gasteiger partial charge in [-0.15, -0.1) is 0 Å². The molecule has 2 amide bonds. The third-order valence-electron chi connectivity index (χ3n) is 5.25. The van der Waals surface area contributed by atoms with Crippen LogP contribution in [0.5, 0.6) is 0 Å².